The Morgan fingerprint density at radius 2 is 2.00 bits per heavy atom. The molecule has 2 N–H and O–H groups in total. The topological polar surface area (TPSA) is 52.6 Å². The Morgan fingerprint density at radius 1 is 1.32 bits per heavy atom. The molecule has 0 bridgehead atoms. The lowest BCUT2D eigenvalue weighted by Gasteiger charge is -2.27. The van der Waals surface area contributed by atoms with Crippen molar-refractivity contribution < 1.29 is 9.90 Å². The maximum Gasteiger partial charge on any atom is 0.335 e. The van der Waals surface area contributed by atoms with E-state index in [1.165, 1.54) is 0 Å². The molecule has 0 atom stereocenters. The molecular weight excluding hydrogens is 240 g/mol. The van der Waals surface area contributed by atoms with E-state index in [0.717, 1.165) is 55.8 Å². The van der Waals surface area contributed by atoms with Crippen LogP contribution in [0.1, 0.15) is 27.0 Å². The first kappa shape index (κ1) is 14.0. The average molecular weight is 262 g/mol. The molecule has 0 saturated carbocycles. The van der Waals surface area contributed by atoms with Gasteiger partial charge in [0.15, 0.2) is 0 Å². The van der Waals surface area contributed by atoms with Crippen LogP contribution in [0.3, 0.4) is 0 Å². The predicted molar refractivity (Wildman–Crippen MR) is 75.9 cm³/mol. The van der Waals surface area contributed by atoms with Crippen LogP contribution < -0.4 is 5.32 Å². The van der Waals surface area contributed by atoms with E-state index in [4.69, 9.17) is 0 Å². The summed E-state index contributed by atoms with van der Waals surface area (Å²) >= 11 is 0. The van der Waals surface area contributed by atoms with E-state index in [9.17, 15) is 9.90 Å². The van der Waals surface area contributed by atoms with Gasteiger partial charge in [0.2, 0.25) is 0 Å². The molecular formula is C15H22N2O2. The second-order valence-electron chi connectivity index (χ2n) is 5.23. The minimum atomic E-state index is -0.829. The predicted octanol–water partition coefficient (Wildman–Crippen LogP) is 1.45. The van der Waals surface area contributed by atoms with Crippen LogP contribution in [0.5, 0.6) is 0 Å². The number of nitrogens with zero attached hydrogens (tertiary/aromatic N) is 1. The average Bonchev–Trinajstić information content (AvgIpc) is 2.41. The lowest BCUT2D eigenvalue weighted by atomic mass is 9.98. The van der Waals surface area contributed by atoms with Crippen LogP contribution in [0.4, 0.5) is 0 Å². The number of aryl methyl sites for hydroxylation is 1. The van der Waals surface area contributed by atoms with Gasteiger partial charge in [0.1, 0.15) is 0 Å². The van der Waals surface area contributed by atoms with E-state index >= 15 is 0 Å². The lowest BCUT2D eigenvalue weighted by molar-refractivity contribution is 0.0696. The standard InChI is InChI=1S/C15H22N2O2/c1-11-9-13(10-14(12(11)2)15(18)19)3-6-17-7-4-16-5-8-17/h9-10,16H,3-8H2,1-2H3,(H,18,19). The van der Waals surface area contributed by atoms with Crippen molar-refractivity contribution in [3.63, 3.8) is 0 Å². The van der Waals surface area contributed by atoms with Crippen molar-refractivity contribution in [3.8, 4) is 0 Å². The molecule has 0 aromatic heterocycles. The first-order chi connectivity index (χ1) is 9.08. The zero-order valence-electron chi connectivity index (χ0n) is 11.7. The quantitative estimate of drug-likeness (QED) is 0.862. The number of piperazine rings is 1. The van der Waals surface area contributed by atoms with Crippen molar-refractivity contribution in [1.29, 1.82) is 0 Å². The number of carbonyl (C=O) groups is 1. The molecule has 19 heavy (non-hydrogen) atoms. The molecule has 1 aromatic carbocycles. The molecule has 0 radical (unpaired) electrons. The van der Waals surface area contributed by atoms with Crippen LogP contribution >= 0.6 is 0 Å². The van der Waals surface area contributed by atoms with Crippen LogP contribution in [0.15, 0.2) is 12.1 Å². The molecule has 4 heteroatoms. The van der Waals surface area contributed by atoms with Gasteiger partial charge in [-0.05, 0) is 43.0 Å². The lowest BCUT2D eigenvalue weighted by Crippen LogP contribution is -2.44. The van der Waals surface area contributed by atoms with E-state index in [2.05, 4.69) is 16.3 Å². The fourth-order valence-electron chi connectivity index (χ4n) is 2.52. The van der Waals surface area contributed by atoms with Crippen molar-refractivity contribution >= 4 is 5.97 Å². The Morgan fingerprint density at radius 3 is 2.63 bits per heavy atom. The van der Waals surface area contributed by atoms with Gasteiger partial charge in [-0.2, -0.15) is 0 Å². The highest BCUT2D eigenvalue weighted by molar-refractivity contribution is 5.90. The van der Waals surface area contributed by atoms with Gasteiger partial charge >= 0.3 is 5.97 Å². The van der Waals surface area contributed by atoms with Crippen LogP contribution in [0.25, 0.3) is 0 Å². The molecule has 104 valence electrons. The highest BCUT2D eigenvalue weighted by atomic mass is 16.4. The fourth-order valence-corrected chi connectivity index (χ4v) is 2.52. The Labute approximate surface area is 114 Å². The summed E-state index contributed by atoms with van der Waals surface area (Å²) in [4.78, 5) is 13.6. The summed E-state index contributed by atoms with van der Waals surface area (Å²) in [6.45, 7) is 9.12. The summed E-state index contributed by atoms with van der Waals surface area (Å²) in [6.07, 6.45) is 0.918. The molecule has 0 aliphatic carbocycles. The van der Waals surface area contributed by atoms with Crippen molar-refractivity contribution in [3.05, 3.63) is 34.4 Å². The number of rotatable bonds is 4. The Balaban J connectivity index is 2.05. The number of nitrogens with one attached hydrogen (secondary N) is 1. The van der Waals surface area contributed by atoms with Gasteiger partial charge < -0.3 is 15.3 Å². The number of hydrogen-bond donors (Lipinski definition) is 2. The first-order valence-corrected chi connectivity index (χ1v) is 6.84. The molecule has 1 heterocycles. The molecule has 0 unspecified atom stereocenters. The Bertz CT molecular complexity index is 465. The minimum absolute atomic E-state index is 0.440. The third-order valence-corrected chi connectivity index (χ3v) is 3.88. The first-order valence-electron chi connectivity index (χ1n) is 6.84. The summed E-state index contributed by atoms with van der Waals surface area (Å²) < 4.78 is 0. The largest absolute Gasteiger partial charge is 0.478 e. The van der Waals surface area contributed by atoms with Crippen LogP contribution in [-0.4, -0.2) is 48.7 Å². The molecule has 2 rings (SSSR count). The SMILES string of the molecule is Cc1cc(CCN2CCNCC2)cc(C(=O)O)c1C. The van der Waals surface area contributed by atoms with E-state index in [0.29, 0.717) is 5.56 Å². The van der Waals surface area contributed by atoms with Crippen LogP contribution in [0, 0.1) is 13.8 Å². The fraction of sp³-hybridized carbons (Fsp3) is 0.533. The molecule has 0 spiro atoms. The van der Waals surface area contributed by atoms with Crippen molar-refractivity contribution in [2.75, 3.05) is 32.7 Å². The van der Waals surface area contributed by atoms with Gasteiger partial charge in [0, 0.05) is 32.7 Å². The van der Waals surface area contributed by atoms with Gasteiger partial charge in [-0.1, -0.05) is 6.07 Å². The van der Waals surface area contributed by atoms with Gasteiger partial charge in [-0.15, -0.1) is 0 Å². The smallest absolute Gasteiger partial charge is 0.335 e. The molecule has 1 aliphatic rings. The Hall–Kier alpha value is -1.39. The van der Waals surface area contributed by atoms with Gasteiger partial charge in [-0.3, -0.25) is 0 Å². The highest BCUT2D eigenvalue weighted by Crippen LogP contribution is 2.17. The monoisotopic (exact) mass is 262 g/mol. The minimum Gasteiger partial charge on any atom is -0.478 e. The maximum atomic E-state index is 11.2. The van der Waals surface area contributed by atoms with Crippen LogP contribution in [0.2, 0.25) is 0 Å². The van der Waals surface area contributed by atoms with E-state index in [1.807, 2.05) is 19.9 Å². The maximum absolute atomic E-state index is 11.2. The summed E-state index contributed by atoms with van der Waals surface area (Å²) in [7, 11) is 0. The number of aromatic carboxylic acids is 1. The number of carboxylic acids is 1. The second-order valence-corrected chi connectivity index (χ2v) is 5.23. The van der Waals surface area contributed by atoms with Gasteiger partial charge in [0.05, 0.1) is 5.56 Å². The summed E-state index contributed by atoms with van der Waals surface area (Å²) in [5, 5.41) is 12.5. The molecule has 1 aromatic rings. The zero-order chi connectivity index (χ0) is 13.8. The van der Waals surface area contributed by atoms with E-state index in [1.54, 1.807) is 0 Å². The van der Waals surface area contributed by atoms with E-state index in [-0.39, 0.29) is 0 Å². The third kappa shape index (κ3) is 3.55. The summed E-state index contributed by atoms with van der Waals surface area (Å²) in [5.74, 6) is -0.829. The van der Waals surface area contributed by atoms with E-state index < -0.39 is 5.97 Å². The summed E-state index contributed by atoms with van der Waals surface area (Å²) in [6, 6.07) is 3.94. The van der Waals surface area contributed by atoms with Gasteiger partial charge in [-0.25, -0.2) is 4.79 Å². The zero-order valence-corrected chi connectivity index (χ0v) is 11.7. The highest BCUT2D eigenvalue weighted by Gasteiger charge is 2.13. The molecule has 1 aliphatic heterocycles. The second kappa shape index (κ2) is 6.17. The number of carboxylic acid groups (broad SMARTS) is 1. The number of benzene rings is 1. The normalized spacial score (nSPS) is 16.5. The van der Waals surface area contributed by atoms with Gasteiger partial charge in [0.25, 0.3) is 0 Å². The molecule has 1 saturated heterocycles. The molecule has 1 fully saturated rings. The van der Waals surface area contributed by atoms with Crippen LogP contribution in [-0.2, 0) is 6.42 Å². The van der Waals surface area contributed by atoms with Crippen molar-refractivity contribution in [1.82, 2.24) is 10.2 Å². The summed E-state index contributed by atoms with van der Waals surface area (Å²) in [5.41, 5.74) is 3.50. The third-order valence-electron chi connectivity index (χ3n) is 3.88. The molecule has 4 nitrogen and oxygen atoms in total. The number of hydrogen-bond acceptors (Lipinski definition) is 3. The Kier molecular flexibility index (Phi) is 4.56. The van der Waals surface area contributed by atoms with Crippen molar-refractivity contribution in [2.45, 2.75) is 20.3 Å². The molecule has 0 amide bonds. The van der Waals surface area contributed by atoms with Crippen molar-refractivity contribution in [2.24, 2.45) is 0 Å².